The number of rotatable bonds is 0. The minimum absolute atomic E-state index is 0.308. The molecule has 1 N–H and O–H groups in total. The van der Waals surface area contributed by atoms with Crippen molar-refractivity contribution in [3.63, 3.8) is 0 Å². The fourth-order valence-corrected chi connectivity index (χ4v) is 5.34. The molecule has 1 aromatic rings. The van der Waals surface area contributed by atoms with Gasteiger partial charge in [0.25, 0.3) is 0 Å². The molecule has 1 fully saturated rings. The minimum Gasteiger partial charge on any atom is -0.304 e. The Morgan fingerprint density at radius 3 is 2.58 bits per heavy atom. The smallest absolute Gasteiger partial charge is 0.0533 e. The molecule has 1 aliphatic heterocycles. The average Bonchev–Trinajstić information content (AvgIpc) is 2.77. The molecule has 2 heterocycles. The van der Waals surface area contributed by atoms with Crippen LogP contribution < -0.4 is 5.32 Å². The summed E-state index contributed by atoms with van der Waals surface area (Å²) in [5.74, 6) is 0.889. The summed E-state index contributed by atoms with van der Waals surface area (Å²) in [5.41, 5.74) is 2.40. The molecule has 0 unspecified atom stereocenters. The van der Waals surface area contributed by atoms with Crippen LogP contribution in [0.15, 0.2) is 11.4 Å². The quantitative estimate of drug-likeness (QED) is 0.724. The van der Waals surface area contributed by atoms with Crippen LogP contribution in [0.2, 0.25) is 0 Å². The molecule has 0 aromatic carbocycles. The molecule has 19 heavy (non-hydrogen) atoms. The molecule has 0 radical (unpaired) electrons. The third kappa shape index (κ3) is 2.38. The van der Waals surface area contributed by atoms with Crippen molar-refractivity contribution in [1.29, 1.82) is 0 Å². The van der Waals surface area contributed by atoms with Crippen LogP contribution in [0.25, 0.3) is 0 Å². The van der Waals surface area contributed by atoms with Crippen LogP contribution in [0.5, 0.6) is 0 Å². The maximum Gasteiger partial charge on any atom is 0.0533 e. The van der Waals surface area contributed by atoms with E-state index in [4.69, 9.17) is 0 Å². The summed E-state index contributed by atoms with van der Waals surface area (Å²) in [4.78, 5) is 1.65. The largest absolute Gasteiger partial charge is 0.304 e. The van der Waals surface area contributed by atoms with Crippen molar-refractivity contribution in [3.05, 3.63) is 21.9 Å². The second-order valence-corrected chi connectivity index (χ2v) is 8.66. The number of fused-ring (bicyclic) bond motifs is 2. The molecular weight excluding hydrogens is 250 g/mol. The summed E-state index contributed by atoms with van der Waals surface area (Å²) in [6.07, 6.45) is 6.62. The minimum atomic E-state index is 0.308. The third-order valence-electron chi connectivity index (χ3n) is 5.29. The van der Waals surface area contributed by atoms with Gasteiger partial charge in [0.1, 0.15) is 0 Å². The van der Waals surface area contributed by atoms with Crippen LogP contribution in [0.1, 0.15) is 63.8 Å². The van der Waals surface area contributed by atoms with Gasteiger partial charge in [0, 0.05) is 10.9 Å². The van der Waals surface area contributed by atoms with Crippen molar-refractivity contribution in [3.8, 4) is 0 Å². The summed E-state index contributed by atoms with van der Waals surface area (Å²) >= 11 is 1.98. The predicted octanol–water partition coefficient (Wildman–Crippen LogP) is 4.71. The monoisotopic (exact) mass is 277 g/mol. The summed E-state index contributed by atoms with van der Waals surface area (Å²) < 4.78 is 0. The van der Waals surface area contributed by atoms with Crippen molar-refractivity contribution in [2.45, 2.75) is 71.4 Å². The molecule has 106 valence electrons. The zero-order valence-corrected chi connectivity index (χ0v) is 13.6. The number of nitrogens with one attached hydrogen (secondary N) is 1. The standard InChI is InChI=1S/C17H27NS/c1-12-11-13-7-10-19-15(13)17(18-12)8-5-14(6-9-17)16(2,3)4/h7,10,12,14,18H,5-6,8-9,11H2,1-4H3/t12-,14?,17?/m1/s1. The first-order chi connectivity index (χ1) is 8.91. The molecule has 0 saturated heterocycles. The van der Waals surface area contributed by atoms with Gasteiger partial charge >= 0.3 is 0 Å². The molecule has 1 aromatic heterocycles. The molecule has 0 bridgehead atoms. The SMILES string of the molecule is C[C@@H]1Cc2ccsc2C2(CCC(C(C)(C)C)CC2)N1. The van der Waals surface area contributed by atoms with Crippen molar-refractivity contribution >= 4 is 11.3 Å². The predicted molar refractivity (Wildman–Crippen MR) is 83.7 cm³/mol. The zero-order valence-electron chi connectivity index (χ0n) is 12.8. The van der Waals surface area contributed by atoms with E-state index in [0.717, 1.165) is 5.92 Å². The van der Waals surface area contributed by atoms with Gasteiger partial charge in [0.2, 0.25) is 0 Å². The maximum atomic E-state index is 3.96. The average molecular weight is 277 g/mol. The number of hydrogen-bond acceptors (Lipinski definition) is 2. The van der Waals surface area contributed by atoms with Crippen LogP contribution in [-0.2, 0) is 12.0 Å². The first kappa shape index (κ1) is 13.6. The normalized spacial score (nSPS) is 35.4. The summed E-state index contributed by atoms with van der Waals surface area (Å²) in [6.45, 7) is 9.56. The van der Waals surface area contributed by atoms with Crippen molar-refractivity contribution in [1.82, 2.24) is 5.32 Å². The number of hydrogen-bond donors (Lipinski definition) is 1. The second kappa shape index (κ2) is 4.60. The molecule has 1 atom stereocenters. The van der Waals surface area contributed by atoms with Crippen LogP contribution in [0, 0.1) is 11.3 Å². The highest BCUT2D eigenvalue weighted by Gasteiger charge is 2.44. The van der Waals surface area contributed by atoms with E-state index in [2.05, 4.69) is 44.5 Å². The van der Waals surface area contributed by atoms with E-state index in [1.165, 1.54) is 32.1 Å². The fourth-order valence-electron chi connectivity index (χ4n) is 4.18. The van der Waals surface area contributed by atoms with Gasteiger partial charge in [0.15, 0.2) is 0 Å². The highest BCUT2D eigenvalue weighted by Crippen LogP contribution is 2.49. The Morgan fingerprint density at radius 1 is 1.26 bits per heavy atom. The van der Waals surface area contributed by atoms with Crippen LogP contribution in [0.4, 0.5) is 0 Å². The van der Waals surface area contributed by atoms with Crippen LogP contribution >= 0.6 is 11.3 Å². The van der Waals surface area contributed by atoms with E-state index in [0.29, 0.717) is 17.0 Å². The van der Waals surface area contributed by atoms with Gasteiger partial charge in [0.05, 0.1) is 5.54 Å². The van der Waals surface area contributed by atoms with Gasteiger partial charge in [-0.1, -0.05) is 20.8 Å². The van der Waals surface area contributed by atoms with Crippen LogP contribution in [0.3, 0.4) is 0 Å². The second-order valence-electron chi connectivity index (χ2n) is 7.75. The molecule has 1 spiro atoms. The summed E-state index contributed by atoms with van der Waals surface area (Å²) in [5, 5.41) is 6.25. The fraction of sp³-hybridized carbons (Fsp3) is 0.765. The Balaban J connectivity index is 1.84. The van der Waals surface area contributed by atoms with Gasteiger partial charge in [-0.25, -0.2) is 0 Å². The van der Waals surface area contributed by atoms with Crippen molar-refractivity contribution in [2.75, 3.05) is 0 Å². The van der Waals surface area contributed by atoms with Crippen molar-refractivity contribution < 1.29 is 0 Å². The first-order valence-electron chi connectivity index (χ1n) is 7.75. The lowest BCUT2D eigenvalue weighted by Gasteiger charge is -2.48. The Labute approximate surface area is 121 Å². The Bertz CT molecular complexity index is 446. The van der Waals surface area contributed by atoms with Crippen LogP contribution in [-0.4, -0.2) is 6.04 Å². The van der Waals surface area contributed by atoms with E-state index in [9.17, 15) is 0 Å². The molecule has 2 heteroatoms. The van der Waals surface area contributed by atoms with E-state index < -0.39 is 0 Å². The number of thiophene rings is 1. The van der Waals surface area contributed by atoms with E-state index in [1.807, 2.05) is 11.3 Å². The lowest BCUT2D eigenvalue weighted by Crippen LogP contribution is -2.53. The zero-order chi connectivity index (χ0) is 13.7. The Hall–Kier alpha value is -0.340. The van der Waals surface area contributed by atoms with Gasteiger partial charge in [-0.05, 0) is 67.4 Å². The van der Waals surface area contributed by atoms with Gasteiger partial charge in [-0.3, -0.25) is 0 Å². The molecule has 1 aliphatic carbocycles. The lowest BCUT2D eigenvalue weighted by molar-refractivity contribution is 0.103. The molecular formula is C17H27NS. The molecule has 1 saturated carbocycles. The van der Waals surface area contributed by atoms with Gasteiger partial charge in [-0.15, -0.1) is 11.3 Å². The molecule has 1 nitrogen and oxygen atoms in total. The van der Waals surface area contributed by atoms with E-state index in [-0.39, 0.29) is 0 Å². The lowest BCUT2D eigenvalue weighted by atomic mass is 9.65. The highest BCUT2D eigenvalue weighted by atomic mass is 32.1. The van der Waals surface area contributed by atoms with Crippen molar-refractivity contribution in [2.24, 2.45) is 11.3 Å². The molecule has 3 rings (SSSR count). The van der Waals surface area contributed by atoms with Gasteiger partial charge < -0.3 is 5.32 Å². The topological polar surface area (TPSA) is 12.0 Å². The maximum absolute atomic E-state index is 3.96. The van der Waals surface area contributed by atoms with Gasteiger partial charge in [-0.2, -0.15) is 0 Å². The summed E-state index contributed by atoms with van der Waals surface area (Å²) in [7, 11) is 0. The van der Waals surface area contributed by atoms with E-state index in [1.54, 1.807) is 10.4 Å². The molecule has 0 amide bonds. The third-order valence-corrected chi connectivity index (χ3v) is 6.45. The summed E-state index contributed by atoms with van der Waals surface area (Å²) in [6, 6.07) is 2.99. The highest BCUT2D eigenvalue weighted by molar-refractivity contribution is 7.10. The molecule has 2 aliphatic rings. The Morgan fingerprint density at radius 2 is 1.95 bits per heavy atom. The Kier molecular flexibility index (Phi) is 3.30. The first-order valence-corrected chi connectivity index (χ1v) is 8.63. The van der Waals surface area contributed by atoms with E-state index >= 15 is 0 Å².